The largest absolute Gasteiger partial charge is 0.378 e. The number of hydrogen-bond acceptors (Lipinski definition) is 3. The quantitative estimate of drug-likeness (QED) is 0.810. The Bertz CT molecular complexity index is 398. The van der Waals surface area contributed by atoms with Gasteiger partial charge in [0.25, 0.3) is 0 Å². The highest BCUT2D eigenvalue weighted by atomic mass is 16.5. The van der Waals surface area contributed by atoms with Crippen LogP contribution in [0.5, 0.6) is 0 Å². The van der Waals surface area contributed by atoms with Crippen molar-refractivity contribution < 1.29 is 9.53 Å². The summed E-state index contributed by atoms with van der Waals surface area (Å²) in [6.45, 7) is 7.77. The van der Waals surface area contributed by atoms with Gasteiger partial charge >= 0.3 is 6.03 Å². The summed E-state index contributed by atoms with van der Waals surface area (Å²) in [5.41, 5.74) is 0. The number of carbonyl (C=O) groups is 1. The maximum Gasteiger partial charge on any atom is 0.317 e. The molecule has 2 aliphatic heterocycles. The van der Waals surface area contributed by atoms with Crippen molar-refractivity contribution in [2.24, 2.45) is 5.92 Å². The molecule has 2 amide bonds. The van der Waals surface area contributed by atoms with Crippen LogP contribution in [0.1, 0.15) is 58.3 Å². The molecular weight excluding hydrogens is 302 g/mol. The summed E-state index contributed by atoms with van der Waals surface area (Å²) in [7, 11) is 0. The van der Waals surface area contributed by atoms with Gasteiger partial charge in [-0.2, -0.15) is 0 Å². The topological polar surface area (TPSA) is 44.8 Å². The highest BCUT2D eigenvalue weighted by Gasteiger charge is 2.30. The van der Waals surface area contributed by atoms with E-state index in [1.807, 2.05) is 4.90 Å². The zero-order valence-corrected chi connectivity index (χ0v) is 15.3. The highest BCUT2D eigenvalue weighted by Crippen LogP contribution is 2.30. The second-order valence-electron chi connectivity index (χ2n) is 7.69. The van der Waals surface area contributed by atoms with Gasteiger partial charge in [0, 0.05) is 38.8 Å². The Morgan fingerprint density at radius 1 is 1.12 bits per heavy atom. The van der Waals surface area contributed by atoms with Crippen molar-refractivity contribution in [3.63, 3.8) is 0 Å². The van der Waals surface area contributed by atoms with E-state index >= 15 is 0 Å². The maximum atomic E-state index is 12.6. The predicted octanol–water partition coefficient (Wildman–Crippen LogP) is 2.85. The Labute approximate surface area is 147 Å². The summed E-state index contributed by atoms with van der Waals surface area (Å²) in [6.07, 6.45) is 10.2. The molecule has 0 aromatic carbocycles. The second-order valence-corrected chi connectivity index (χ2v) is 7.69. The Kier molecular flexibility index (Phi) is 6.78. The molecule has 2 saturated heterocycles. The van der Waals surface area contributed by atoms with Crippen molar-refractivity contribution in [3.8, 4) is 0 Å². The van der Waals surface area contributed by atoms with Crippen molar-refractivity contribution in [1.82, 2.24) is 15.1 Å². The first-order valence-corrected chi connectivity index (χ1v) is 10.2. The highest BCUT2D eigenvalue weighted by molar-refractivity contribution is 5.74. The molecule has 5 heteroatoms. The van der Waals surface area contributed by atoms with Crippen LogP contribution in [-0.2, 0) is 4.74 Å². The number of amides is 2. The standard InChI is InChI=1S/C19H35N3O2/c1-2-24-18(16-7-3-4-8-16)10-11-20-19(23)22-14-6-13-21-12-5-9-17(21)15-22/h16-18H,2-15H2,1H3,(H,20,23). The minimum atomic E-state index is 0.130. The molecule has 2 heterocycles. The van der Waals surface area contributed by atoms with Crippen LogP contribution in [0, 0.1) is 5.92 Å². The van der Waals surface area contributed by atoms with Crippen LogP contribution in [0.3, 0.4) is 0 Å². The van der Waals surface area contributed by atoms with Crippen LogP contribution in [0.4, 0.5) is 4.79 Å². The van der Waals surface area contributed by atoms with Crippen molar-refractivity contribution in [1.29, 1.82) is 0 Å². The average molecular weight is 338 g/mol. The minimum absolute atomic E-state index is 0.130. The third kappa shape index (κ3) is 4.63. The minimum Gasteiger partial charge on any atom is -0.378 e. The Balaban J connectivity index is 1.42. The molecule has 1 aliphatic carbocycles. The third-order valence-electron chi connectivity index (χ3n) is 6.10. The summed E-state index contributed by atoms with van der Waals surface area (Å²) in [4.78, 5) is 17.2. The second kappa shape index (κ2) is 9.04. The van der Waals surface area contributed by atoms with E-state index in [2.05, 4.69) is 17.1 Å². The molecule has 0 bridgehead atoms. The number of nitrogens with one attached hydrogen (secondary N) is 1. The zero-order chi connectivity index (χ0) is 16.8. The molecule has 138 valence electrons. The summed E-state index contributed by atoms with van der Waals surface area (Å²) in [5.74, 6) is 0.701. The number of hydrogen-bond donors (Lipinski definition) is 1. The van der Waals surface area contributed by atoms with Crippen LogP contribution in [-0.4, -0.2) is 67.3 Å². The normalized spacial score (nSPS) is 27.0. The monoisotopic (exact) mass is 337 g/mol. The molecule has 1 N–H and O–H groups in total. The van der Waals surface area contributed by atoms with Gasteiger partial charge in [0.1, 0.15) is 0 Å². The van der Waals surface area contributed by atoms with E-state index in [0.29, 0.717) is 18.1 Å². The van der Waals surface area contributed by atoms with Crippen LogP contribution in [0.25, 0.3) is 0 Å². The van der Waals surface area contributed by atoms with Crippen molar-refractivity contribution in [2.45, 2.75) is 70.4 Å². The molecule has 5 nitrogen and oxygen atoms in total. The number of rotatable bonds is 6. The maximum absolute atomic E-state index is 12.6. The lowest BCUT2D eigenvalue weighted by molar-refractivity contribution is 0.0165. The fourth-order valence-electron chi connectivity index (χ4n) is 4.82. The number of nitrogens with zero attached hydrogens (tertiary/aromatic N) is 2. The zero-order valence-electron chi connectivity index (χ0n) is 15.3. The van der Waals surface area contributed by atoms with Crippen molar-refractivity contribution >= 4 is 6.03 Å². The summed E-state index contributed by atoms with van der Waals surface area (Å²) < 4.78 is 5.96. The first kappa shape index (κ1) is 18.0. The van der Waals surface area contributed by atoms with Crippen LogP contribution in [0.15, 0.2) is 0 Å². The van der Waals surface area contributed by atoms with Gasteiger partial charge in [-0.15, -0.1) is 0 Å². The molecule has 2 unspecified atom stereocenters. The molecular formula is C19H35N3O2. The van der Waals surface area contributed by atoms with Gasteiger partial charge in [-0.25, -0.2) is 4.79 Å². The van der Waals surface area contributed by atoms with Gasteiger partial charge in [0.2, 0.25) is 0 Å². The Morgan fingerprint density at radius 3 is 2.71 bits per heavy atom. The first-order valence-electron chi connectivity index (χ1n) is 10.2. The average Bonchev–Trinajstić information content (AvgIpc) is 3.22. The van der Waals surface area contributed by atoms with Crippen molar-refractivity contribution in [3.05, 3.63) is 0 Å². The summed E-state index contributed by atoms with van der Waals surface area (Å²) >= 11 is 0. The van der Waals surface area contributed by atoms with Gasteiger partial charge < -0.3 is 15.0 Å². The predicted molar refractivity (Wildman–Crippen MR) is 96.2 cm³/mol. The van der Waals surface area contributed by atoms with Crippen LogP contribution >= 0.6 is 0 Å². The van der Waals surface area contributed by atoms with Crippen LogP contribution < -0.4 is 5.32 Å². The smallest absolute Gasteiger partial charge is 0.317 e. The van der Waals surface area contributed by atoms with E-state index in [9.17, 15) is 4.79 Å². The number of urea groups is 1. The number of fused-ring (bicyclic) bond motifs is 1. The van der Waals surface area contributed by atoms with Gasteiger partial charge in [0.15, 0.2) is 0 Å². The van der Waals surface area contributed by atoms with Gasteiger partial charge in [0.05, 0.1) is 6.10 Å². The lowest BCUT2D eigenvalue weighted by atomic mass is 9.98. The number of ether oxygens (including phenoxy) is 1. The van der Waals surface area contributed by atoms with E-state index < -0.39 is 0 Å². The fraction of sp³-hybridized carbons (Fsp3) is 0.947. The molecule has 3 fully saturated rings. The Hall–Kier alpha value is -0.810. The molecule has 3 aliphatic rings. The lowest BCUT2D eigenvalue weighted by Crippen LogP contribution is -2.45. The molecule has 0 spiro atoms. The Morgan fingerprint density at radius 2 is 1.92 bits per heavy atom. The molecule has 24 heavy (non-hydrogen) atoms. The third-order valence-corrected chi connectivity index (χ3v) is 6.10. The summed E-state index contributed by atoms with van der Waals surface area (Å²) in [6, 6.07) is 0.721. The fourth-order valence-corrected chi connectivity index (χ4v) is 4.82. The molecule has 3 rings (SSSR count). The van der Waals surface area contributed by atoms with Crippen molar-refractivity contribution in [2.75, 3.05) is 39.3 Å². The van der Waals surface area contributed by atoms with Gasteiger partial charge in [-0.05, 0) is 57.9 Å². The van der Waals surface area contributed by atoms with Gasteiger partial charge in [-0.3, -0.25) is 4.90 Å². The summed E-state index contributed by atoms with van der Waals surface area (Å²) in [5, 5.41) is 3.16. The molecule has 0 radical (unpaired) electrons. The van der Waals surface area contributed by atoms with E-state index in [1.54, 1.807) is 0 Å². The molecule has 0 aromatic heterocycles. The molecule has 2 atom stereocenters. The number of carbonyl (C=O) groups excluding carboxylic acids is 1. The lowest BCUT2D eigenvalue weighted by Gasteiger charge is -2.27. The van der Waals surface area contributed by atoms with E-state index in [0.717, 1.165) is 45.6 Å². The van der Waals surface area contributed by atoms with E-state index in [1.165, 1.54) is 45.1 Å². The van der Waals surface area contributed by atoms with E-state index in [-0.39, 0.29) is 6.03 Å². The van der Waals surface area contributed by atoms with E-state index in [4.69, 9.17) is 4.74 Å². The molecule has 0 aromatic rings. The van der Waals surface area contributed by atoms with Gasteiger partial charge in [-0.1, -0.05) is 12.8 Å². The van der Waals surface area contributed by atoms with Crippen LogP contribution in [0.2, 0.25) is 0 Å². The first-order chi connectivity index (χ1) is 11.8. The SMILES string of the molecule is CCOC(CCNC(=O)N1CCCN2CCCC2C1)C1CCCC1. The molecule has 1 saturated carbocycles.